The van der Waals surface area contributed by atoms with Crippen molar-refractivity contribution in [2.75, 3.05) is 7.11 Å². The van der Waals surface area contributed by atoms with Gasteiger partial charge in [-0.25, -0.2) is 0 Å². The molecule has 1 aromatic heterocycles. The summed E-state index contributed by atoms with van der Waals surface area (Å²) in [6.45, 7) is 0. The Kier molecular flexibility index (Phi) is 3.70. The monoisotopic (exact) mass is 312 g/mol. The third kappa shape index (κ3) is 2.80. The lowest BCUT2D eigenvalue weighted by molar-refractivity contribution is 0.412. The zero-order valence-corrected chi connectivity index (χ0v) is 11.3. The van der Waals surface area contributed by atoms with Crippen LogP contribution in [0.3, 0.4) is 0 Å². The third-order valence-corrected chi connectivity index (χ3v) is 2.94. The first-order valence-electron chi connectivity index (χ1n) is 4.70. The van der Waals surface area contributed by atoms with Gasteiger partial charge in [-0.05, 0) is 51.9 Å². The van der Waals surface area contributed by atoms with Gasteiger partial charge in [0.05, 0.1) is 17.8 Å². The predicted molar refractivity (Wildman–Crippen MR) is 71.1 cm³/mol. The summed E-state index contributed by atoms with van der Waals surface area (Å²) < 4.78 is 7.95. The molecule has 0 spiro atoms. The smallest absolute Gasteiger partial charge is 0.216 e. The first kappa shape index (κ1) is 12.0. The summed E-state index contributed by atoms with van der Waals surface area (Å²) in [6, 6.07) is 5.67. The Labute approximate surface area is 111 Å². The van der Waals surface area contributed by atoms with Gasteiger partial charge < -0.3 is 4.74 Å². The molecule has 5 nitrogen and oxygen atoms in total. The molecule has 1 N–H and O–H groups in total. The van der Waals surface area contributed by atoms with Gasteiger partial charge in [0.15, 0.2) is 0 Å². The van der Waals surface area contributed by atoms with Crippen molar-refractivity contribution in [3.63, 3.8) is 0 Å². The average Bonchev–Trinajstić information content (AvgIpc) is 2.72. The van der Waals surface area contributed by atoms with E-state index in [9.17, 15) is 0 Å². The van der Waals surface area contributed by atoms with Crippen LogP contribution in [0.5, 0.6) is 5.75 Å². The number of nitrogens with one attached hydrogen (secondary N) is 1. The number of nitrogens with zero attached hydrogens (tertiary/aromatic N) is 3. The minimum absolute atomic E-state index is 0.453. The third-order valence-electron chi connectivity index (χ3n) is 2.04. The van der Waals surface area contributed by atoms with E-state index in [1.165, 1.54) is 11.0 Å². The molecule has 17 heavy (non-hydrogen) atoms. The van der Waals surface area contributed by atoms with E-state index >= 15 is 0 Å². The van der Waals surface area contributed by atoms with E-state index in [1.54, 1.807) is 13.3 Å². The highest BCUT2D eigenvalue weighted by Crippen LogP contribution is 2.24. The van der Waals surface area contributed by atoms with Crippen LogP contribution >= 0.6 is 28.1 Å². The number of aromatic nitrogens is 3. The minimum Gasteiger partial charge on any atom is -0.496 e. The lowest BCUT2D eigenvalue weighted by Crippen LogP contribution is -1.90. The van der Waals surface area contributed by atoms with E-state index < -0.39 is 0 Å². The van der Waals surface area contributed by atoms with Crippen molar-refractivity contribution in [2.45, 2.75) is 0 Å². The molecule has 0 radical (unpaired) electrons. The standard InChI is InChI=1S/C10H9BrN4OS/c1-16-9-3-2-7(4-8(9)11)5-13-15-6-12-14-10(15)17/h2-6H,1H3,(H,14,17)/b13-5-. The van der Waals surface area contributed by atoms with Crippen molar-refractivity contribution in [1.82, 2.24) is 14.9 Å². The van der Waals surface area contributed by atoms with Crippen LogP contribution in [-0.2, 0) is 0 Å². The number of methoxy groups -OCH3 is 1. The van der Waals surface area contributed by atoms with Gasteiger partial charge in [-0.1, -0.05) is 0 Å². The lowest BCUT2D eigenvalue weighted by atomic mass is 10.2. The summed E-state index contributed by atoms with van der Waals surface area (Å²) in [6.07, 6.45) is 3.20. The maximum Gasteiger partial charge on any atom is 0.216 e. The van der Waals surface area contributed by atoms with Crippen LogP contribution in [0.25, 0.3) is 0 Å². The second-order valence-electron chi connectivity index (χ2n) is 3.14. The fourth-order valence-electron chi connectivity index (χ4n) is 1.22. The fourth-order valence-corrected chi connectivity index (χ4v) is 1.92. The Morgan fingerprint density at radius 3 is 3.00 bits per heavy atom. The van der Waals surface area contributed by atoms with Crippen molar-refractivity contribution in [3.8, 4) is 5.75 Å². The fraction of sp³-hybridized carbons (Fsp3) is 0.100. The summed E-state index contributed by atoms with van der Waals surface area (Å²) in [7, 11) is 1.62. The van der Waals surface area contributed by atoms with E-state index in [0.717, 1.165) is 15.8 Å². The Bertz CT molecular complexity index is 604. The Balaban J connectivity index is 2.25. The first-order chi connectivity index (χ1) is 8.20. The molecule has 0 aliphatic heterocycles. The molecule has 1 heterocycles. The van der Waals surface area contributed by atoms with E-state index in [4.69, 9.17) is 17.0 Å². The molecule has 2 rings (SSSR count). The molecule has 0 aliphatic carbocycles. The molecule has 0 atom stereocenters. The number of ether oxygens (including phenoxy) is 1. The molecule has 0 amide bonds. The molecule has 0 bridgehead atoms. The number of rotatable bonds is 3. The highest BCUT2D eigenvalue weighted by atomic mass is 79.9. The van der Waals surface area contributed by atoms with Gasteiger partial charge in [-0.2, -0.15) is 14.9 Å². The van der Waals surface area contributed by atoms with Crippen LogP contribution < -0.4 is 4.74 Å². The van der Waals surface area contributed by atoms with Crippen LogP contribution in [0.15, 0.2) is 34.1 Å². The van der Waals surface area contributed by atoms with Crippen LogP contribution in [0.2, 0.25) is 0 Å². The summed E-state index contributed by atoms with van der Waals surface area (Å²) in [5, 5.41) is 10.6. The molecule has 0 fully saturated rings. The van der Waals surface area contributed by atoms with Gasteiger partial charge in [0.25, 0.3) is 0 Å². The molecular weight excluding hydrogens is 304 g/mol. The number of halogens is 1. The summed E-state index contributed by atoms with van der Waals surface area (Å²) in [4.78, 5) is 0. The molecule has 0 saturated carbocycles. The number of hydrogen-bond acceptors (Lipinski definition) is 4. The van der Waals surface area contributed by atoms with Gasteiger partial charge in [0.2, 0.25) is 4.77 Å². The molecule has 2 aromatic rings. The van der Waals surface area contributed by atoms with Crippen LogP contribution in [0.1, 0.15) is 5.56 Å². The van der Waals surface area contributed by atoms with E-state index in [1.807, 2.05) is 18.2 Å². The summed E-state index contributed by atoms with van der Waals surface area (Å²) >= 11 is 8.38. The van der Waals surface area contributed by atoms with Crippen LogP contribution in [-0.4, -0.2) is 28.2 Å². The Hall–Kier alpha value is -1.47. The number of hydrogen-bond donors (Lipinski definition) is 1. The second kappa shape index (κ2) is 5.24. The van der Waals surface area contributed by atoms with Gasteiger partial charge in [0.1, 0.15) is 12.1 Å². The number of H-pyrrole nitrogens is 1. The first-order valence-corrected chi connectivity index (χ1v) is 5.91. The number of aromatic amines is 1. The molecular formula is C10H9BrN4OS. The maximum absolute atomic E-state index is 5.14. The molecule has 88 valence electrons. The average molecular weight is 313 g/mol. The summed E-state index contributed by atoms with van der Waals surface area (Å²) in [5.41, 5.74) is 0.931. The number of benzene rings is 1. The van der Waals surface area contributed by atoms with Crippen molar-refractivity contribution >= 4 is 34.4 Å². The highest BCUT2D eigenvalue weighted by molar-refractivity contribution is 9.10. The Morgan fingerprint density at radius 2 is 2.41 bits per heavy atom. The molecule has 0 aliphatic rings. The second-order valence-corrected chi connectivity index (χ2v) is 4.39. The van der Waals surface area contributed by atoms with Gasteiger partial charge in [-0.3, -0.25) is 5.10 Å². The van der Waals surface area contributed by atoms with E-state index in [0.29, 0.717) is 4.77 Å². The van der Waals surface area contributed by atoms with Gasteiger partial charge in [-0.15, -0.1) is 0 Å². The Morgan fingerprint density at radius 1 is 1.59 bits per heavy atom. The van der Waals surface area contributed by atoms with Crippen molar-refractivity contribution in [3.05, 3.63) is 39.3 Å². The van der Waals surface area contributed by atoms with Crippen molar-refractivity contribution in [1.29, 1.82) is 0 Å². The normalized spacial score (nSPS) is 10.9. The minimum atomic E-state index is 0.453. The van der Waals surface area contributed by atoms with Crippen molar-refractivity contribution in [2.24, 2.45) is 5.10 Å². The topological polar surface area (TPSA) is 55.2 Å². The largest absolute Gasteiger partial charge is 0.496 e. The zero-order valence-electron chi connectivity index (χ0n) is 8.92. The lowest BCUT2D eigenvalue weighted by Gasteiger charge is -2.02. The van der Waals surface area contributed by atoms with Crippen molar-refractivity contribution < 1.29 is 4.74 Å². The quantitative estimate of drug-likeness (QED) is 0.700. The van der Waals surface area contributed by atoms with Gasteiger partial charge in [0, 0.05) is 0 Å². The van der Waals surface area contributed by atoms with E-state index in [-0.39, 0.29) is 0 Å². The van der Waals surface area contributed by atoms with E-state index in [2.05, 4.69) is 31.2 Å². The van der Waals surface area contributed by atoms with Crippen LogP contribution in [0.4, 0.5) is 0 Å². The predicted octanol–water partition coefficient (Wildman–Crippen LogP) is 2.59. The SMILES string of the molecule is COc1ccc(/C=N\n2cn[nH]c2=S)cc1Br. The summed E-state index contributed by atoms with van der Waals surface area (Å²) in [5.74, 6) is 0.780. The molecule has 0 saturated heterocycles. The van der Waals surface area contributed by atoms with Gasteiger partial charge >= 0.3 is 0 Å². The molecule has 7 heteroatoms. The highest BCUT2D eigenvalue weighted by Gasteiger charge is 1.99. The zero-order chi connectivity index (χ0) is 12.3. The molecule has 0 unspecified atom stereocenters. The maximum atomic E-state index is 5.14. The van der Waals surface area contributed by atoms with Crippen LogP contribution in [0, 0.1) is 4.77 Å². The molecule has 1 aromatic carbocycles.